The fourth-order valence-corrected chi connectivity index (χ4v) is 2.97. The van der Waals surface area contributed by atoms with E-state index in [4.69, 9.17) is 0 Å². The minimum absolute atomic E-state index is 0.0391. The summed E-state index contributed by atoms with van der Waals surface area (Å²) in [7, 11) is 0. The van der Waals surface area contributed by atoms with Gasteiger partial charge in [0.1, 0.15) is 17.4 Å². The molecule has 1 amide bonds. The molecular weight excluding hydrogens is 336 g/mol. The smallest absolute Gasteiger partial charge is 0.258 e. The molecule has 5 heteroatoms. The predicted molar refractivity (Wildman–Crippen MR) is 97.0 cm³/mol. The second-order valence-corrected chi connectivity index (χ2v) is 6.49. The Labute approximate surface area is 150 Å². The number of carbonyl (C=O) groups is 1. The Morgan fingerprint density at radius 3 is 2.35 bits per heavy atom. The number of hydrogen-bond donors (Lipinski definition) is 1. The number of phenols is 1. The van der Waals surface area contributed by atoms with Gasteiger partial charge >= 0.3 is 0 Å². The van der Waals surface area contributed by atoms with Crippen molar-refractivity contribution in [3.8, 4) is 5.75 Å². The van der Waals surface area contributed by atoms with Gasteiger partial charge in [-0.15, -0.1) is 0 Å². The molecule has 0 radical (unpaired) electrons. The summed E-state index contributed by atoms with van der Waals surface area (Å²) in [6.45, 7) is 3.66. The molecule has 26 heavy (non-hydrogen) atoms. The topological polar surface area (TPSA) is 40.5 Å². The van der Waals surface area contributed by atoms with Crippen LogP contribution in [-0.2, 0) is 6.54 Å². The van der Waals surface area contributed by atoms with Crippen LogP contribution in [0.3, 0.4) is 0 Å². The van der Waals surface area contributed by atoms with Gasteiger partial charge in [-0.1, -0.05) is 30.3 Å². The van der Waals surface area contributed by atoms with Crippen LogP contribution in [0.15, 0.2) is 54.6 Å². The largest absolute Gasteiger partial charge is 0.506 e. The number of carbonyl (C=O) groups excluding carboxylic acids is 1. The lowest BCUT2D eigenvalue weighted by molar-refractivity contribution is 0.0687. The maximum atomic E-state index is 13.5. The number of nitrogens with zero attached hydrogens (tertiary/aromatic N) is 1. The summed E-state index contributed by atoms with van der Waals surface area (Å²) in [6.07, 6.45) is 0. The Kier molecular flexibility index (Phi) is 4.89. The van der Waals surface area contributed by atoms with Gasteiger partial charge in [0.2, 0.25) is 0 Å². The summed E-state index contributed by atoms with van der Waals surface area (Å²) < 4.78 is 26.9. The highest BCUT2D eigenvalue weighted by Crippen LogP contribution is 2.30. The number of amides is 1. The summed E-state index contributed by atoms with van der Waals surface area (Å²) in [5, 5.41) is 11.9. The van der Waals surface area contributed by atoms with Crippen LogP contribution >= 0.6 is 0 Å². The summed E-state index contributed by atoms with van der Waals surface area (Å²) in [6, 6.07) is 13.5. The zero-order valence-electron chi connectivity index (χ0n) is 14.5. The molecule has 0 aliphatic rings. The van der Waals surface area contributed by atoms with E-state index in [2.05, 4.69) is 0 Å². The number of hydrogen-bond acceptors (Lipinski definition) is 2. The predicted octanol–water partition coefficient (Wildman–Crippen LogP) is 4.87. The molecule has 0 bridgehead atoms. The molecule has 0 aliphatic carbocycles. The third-order valence-electron chi connectivity index (χ3n) is 4.29. The minimum atomic E-state index is -0.690. The monoisotopic (exact) mass is 355 g/mol. The van der Waals surface area contributed by atoms with Crippen molar-refractivity contribution in [1.29, 1.82) is 0 Å². The fraction of sp³-hybridized carbons (Fsp3) is 0.190. The average molecular weight is 355 g/mol. The number of phenolic OH excluding ortho intramolecular Hbond substituents is 1. The quantitative estimate of drug-likeness (QED) is 0.725. The minimum Gasteiger partial charge on any atom is -0.506 e. The first-order valence-electron chi connectivity index (χ1n) is 8.33. The van der Waals surface area contributed by atoms with E-state index in [1.165, 1.54) is 17.0 Å². The van der Waals surface area contributed by atoms with Gasteiger partial charge in [0, 0.05) is 24.0 Å². The van der Waals surface area contributed by atoms with Crippen LogP contribution in [0.5, 0.6) is 5.75 Å². The maximum absolute atomic E-state index is 13.5. The maximum Gasteiger partial charge on any atom is 0.258 e. The van der Waals surface area contributed by atoms with Gasteiger partial charge in [-0.05, 0) is 43.0 Å². The molecule has 0 unspecified atom stereocenters. The number of fused-ring (bicyclic) bond motifs is 1. The molecule has 0 aliphatic heterocycles. The van der Waals surface area contributed by atoms with E-state index >= 15 is 0 Å². The normalized spacial score (nSPS) is 11.1. The lowest BCUT2D eigenvalue weighted by Gasteiger charge is -2.27. The molecule has 3 rings (SSSR count). The zero-order chi connectivity index (χ0) is 18.8. The van der Waals surface area contributed by atoms with E-state index in [1.807, 2.05) is 26.0 Å². The number of aromatic hydroxyl groups is 1. The van der Waals surface area contributed by atoms with Gasteiger partial charge in [0.25, 0.3) is 5.91 Å². The van der Waals surface area contributed by atoms with Crippen molar-refractivity contribution < 1.29 is 18.7 Å². The highest BCUT2D eigenvalue weighted by molar-refractivity contribution is 6.03. The van der Waals surface area contributed by atoms with E-state index < -0.39 is 17.5 Å². The molecule has 3 nitrogen and oxygen atoms in total. The van der Waals surface area contributed by atoms with Crippen molar-refractivity contribution in [2.45, 2.75) is 26.4 Å². The first-order valence-corrected chi connectivity index (χ1v) is 8.33. The summed E-state index contributed by atoms with van der Waals surface area (Å²) >= 11 is 0. The first kappa shape index (κ1) is 17.9. The van der Waals surface area contributed by atoms with Gasteiger partial charge < -0.3 is 10.0 Å². The molecular formula is C21H19F2NO2. The van der Waals surface area contributed by atoms with Gasteiger partial charge in [-0.3, -0.25) is 4.79 Å². The van der Waals surface area contributed by atoms with Gasteiger partial charge in [0.15, 0.2) is 0 Å². The summed E-state index contributed by atoms with van der Waals surface area (Å²) in [5.74, 6) is -1.87. The summed E-state index contributed by atoms with van der Waals surface area (Å²) in [4.78, 5) is 14.5. The molecule has 0 saturated heterocycles. The standard InChI is InChI=1S/C21H19F2NO2/c1-13(2)24(12-14-9-16(22)11-17(23)10-14)21(26)19-8-7-15-5-3-4-6-18(15)20(19)25/h3-11,13,25H,12H2,1-2H3. The van der Waals surface area contributed by atoms with Crippen molar-refractivity contribution in [1.82, 2.24) is 4.90 Å². The van der Waals surface area contributed by atoms with Crippen LogP contribution in [0.25, 0.3) is 10.8 Å². The summed E-state index contributed by atoms with van der Waals surface area (Å²) in [5.41, 5.74) is 0.513. The number of halogens is 2. The molecule has 134 valence electrons. The fourth-order valence-electron chi connectivity index (χ4n) is 2.97. The Bertz CT molecular complexity index is 949. The molecule has 3 aromatic rings. The Morgan fingerprint density at radius 1 is 1.04 bits per heavy atom. The molecule has 0 spiro atoms. The van der Waals surface area contributed by atoms with E-state index in [1.54, 1.807) is 24.3 Å². The van der Waals surface area contributed by atoms with Crippen LogP contribution in [0.4, 0.5) is 8.78 Å². The second-order valence-electron chi connectivity index (χ2n) is 6.49. The van der Waals surface area contributed by atoms with Crippen molar-refractivity contribution in [3.63, 3.8) is 0 Å². The zero-order valence-corrected chi connectivity index (χ0v) is 14.5. The molecule has 0 fully saturated rings. The van der Waals surface area contributed by atoms with Gasteiger partial charge in [-0.2, -0.15) is 0 Å². The SMILES string of the molecule is CC(C)N(Cc1cc(F)cc(F)c1)C(=O)c1ccc2ccccc2c1O. The van der Waals surface area contributed by atoms with Crippen molar-refractivity contribution in [3.05, 3.63) is 77.4 Å². The van der Waals surface area contributed by atoms with E-state index in [0.29, 0.717) is 10.9 Å². The van der Waals surface area contributed by atoms with E-state index in [9.17, 15) is 18.7 Å². The Morgan fingerprint density at radius 2 is 1.69 bits per heavy atom. The van der Waals surface area contributed by atoms with Crippen molar-refractivity contribution in [2.75, 3.05) is 0 Å². The van der Waals surface area contributed by atoms with E-state index in [0.717, 1.165) is 11.5 Å². The Hall–Kier alpha value is -2.95. The van der Waals surface area contributed by atoms with Crippen LogP contribution in [0.1, 0.15) is 29.8 Å². The molecule has 0 heterocycles. The molecule has 0 aromatic heterocycles. The highest BCUT2D eigenvalue weighted by atomic mass is 19.1. The second kappa shape index (κ2) is 7.12. The highest BCUT2D eigenvalue weighted by Gasteiger charge is 2.23. The third kappa shape index (κ3) is 3.52. The Balaban J connectivity index is 1.98. The first-order chi connectivity index (χ1) is 12.4. The van der Waals surface area contributed by atoms with Crippen molar-refractivity contribution >= 4 is 16.7 Å². The average Bonchev–Trinajstić information content (AvgIpc) is 2.58. The molecule has 1 N–H and O–H groups in total. The van der Waals surface area contributed by atoms with Crippen molar-refractivity contribution in [2.24, 2.45) is 0 Å². The van der Waals surface area contributed by atoms with Crippen LogP contribution < -0.4 is 0 Å². The number of rotatable bonds is 4. The van der Waals surface area contributed by atoms with E-state index in [-0.39, 0.29) is 23.9 Å². The third-order valence-corrected chi connectivity index (χ3v) is 4.29. The molecule has 0 atom stereocenters. The lowest BCUT2D eigenvalue weighted by atomic mass is 10.0. The van der Waals surface area contributed by atoms with Crippen LogP contribution in [0.2, 0.25) is 0 Å². The lowest BCUT2D eigenvalue weighted by Crippen LogP contribution is -2.36. The van der Waals surface area contributed by atoms with Crippen LogP contribution in [0, 0.1) is 11.6 Å². The number of benzene rings is 3. The molecule has 3 aromatic carbocycles. The van der Waals surface area contributed by atoms with Gasteiger partial charge in [-0.25, -0.2) is 8.78 Å². The van der Waals surface area contributed by atoms with Gasteiger partial charge in [0.05, 0.1) is 5.56 Å². The van der Waals surface area contributed by atoms with Crippen LogP contribution in [-0.4, -0.2) is 22.0 Å². The molecule has 0 saturated carbocycles.